The number of aliphatic hydroxyl groups is 1. The summed E-state index contributed by atoms with van der Waals surface area (Å²) < 4.78 is 5.65. The summed E-state index contributed by atoms with van der Waals surface area (Å²) in [7, 11) is 0. The summed E-state index contributed by atoms with van der Waals surface area (Å²) in [6.07, 6.45) is 1.64. The van der Waals surface area contributed by atoms with Crippen LogP contribution in [0.25, 0.3) is 5.76 Å². The zero-order chi connectivity index (χ0) is 24.0. The lowest BCUT2D eigenvalue weighted by molar-refractivity contribution is -0.132. The van der Waals surface area contributed by atoms with E-state index in [1.807, 2.05) is 0 Å². The normalized spacial score (nSPS) is 19.1. The van der Waals surface area contributed by atoms with Gasteiger partial charge in [-0.15, -0.1) is 0 Å². The Kier molecular flexibility index (Phi) is 5.71. The molecule has 0 aromatic heterocycles. The van der Waals surface area contributed by atoms with Crippen LogP contribution in [0.3, 0.4) is 0 Å². The summed E-state index contributed by atoms with van der Waals surface area (Å²) in [6.45, 7) is 0.631. The molecule has 2 heterocycles. The maximum atomic E-state index is 13.3. The topological polar surface area (TPSA) is 87.1 Å². The summed E-state index contributed by atoms with van der Waals surface area (Å²) >= 11 is 12.2. The number of aryl methyl sites for hydroxylation is 1. The van der Waals surface area contributed by atoms with Gasteiger partial charge in [0.2, 0.25) is 0 Å². The predicted molar refractivity (Wildman–Crippen MR) is 130 cm³/mol. The van der Waals surface area contributed by atoms with Crippen molar-refractivity contribution in [3.05, 3.63) is 93.0 Å². The summed E-state index contributed by atoms with van der Waals surface area (Å²) in [5, 5.41) is 21.7. The van der Waals surface area contributed by atoms with Gasteiger partial charge < -0.3 is 14.9 Å². The van der Waals surface area contributed by atoms with Gasteiger partial charge in [0.1, 0.15) is 17.3 Å². The van der Waals surface area contributed by atoms with Crippen LogP contribution in [0, 0.1) is 0 Å². The van der Waals surface area contributed by atoms with E-state index >= 15 is 0 Å². The predicted octanol–water partition coefficient (Wildman–Crippen LogP) is 5.65. The third-order valence-electron chi connectivity index (χ3n) is 6.02. The van der Waals surface area contributed by atoms with Crippen molar-refractivity contribution in [3.8, 4) is 11.5 Å². The van der Waals surface area contributed by atoms with Gasteiger partial charge >= 0.3 is 0 Å². The number of anilines is 1. The van der Waals surface area contributed by atoms with Gasteiger partial charge in [0.15, 0.2) is 0 Å². The molecular weight excluding hydrogens is 477 g/mol. The lowest BCUT2D eigenvalue weighted by atomic mass is 9.93. The van der Waals surface area contributed by atoms with Gasteiger partial charge in [0.05, 0.1) is 23.2 Å². The highest BCUT2D eigenvalue weighted by molar-refractivity contribution is 6.51. The second-order valence-electron chi connectivity index (χ2n) is 8.13. The van der Waals surface area contributed by atoms with Crippen molar-refractivity contribution >= 4 is 46.3 Å². The number of rotatable bonds is 3. The molecule has 2 aliphatic rings. The van der Waals surface area contributed by atoms with Crippen molar-refractivity contribution in [1.29, 1.82) is 0 Å². The number of hydrogen-bond donors (Lipinski definition) is 2. The molecule has 1 atom stereocenters. The Bertz CT molecular complexity index is 1350. The number of carbonyl (C=O) groups excluding carboxylic acids is 2. The molecule has 0 saturated carbocycles. The Balaban J connectivity index is 1.70. The maximum Gasteiger partial charge on any atom is 0.300 e. The number of hydrogen-bond acceptors (Lipinski definition) is 5. The Morgan fingerprint density at radius 1 is 1.00 bits per heavy atom. The number of aliphatic hydroxyl groups excluding tert-OH is 1. The minimum absolute atomic E-state index is 0.0603. The van der Waals surface area contributed by atoms with E-state index in [0.29, 0.717) is 28.4 Å². The number of carbonyl (C=O) groups is 2. The fourth-order valence-corrected chi connectivity index (χ4v) is 4.69. The Hall–Kier alpha value is -3.48. The summed E-state index contributed by atoms with van der Waals surface area (Å²) in [4.78, 5) is 27.8. The van der Waals surface area contributed by atoms with E-state index in [2.05, 4.69) is 0 Å². The Morgan fingerprint density at radius 2 is 1.76 bits per heavy atom. The first kappa shape index (κ1) is 22.3. The number of aromatic hydroxyl groups is 1. The Morgan fingerprint density at radius 3 is 2.50 bits per heavy atom. The fraction of sp³-hybridized carbons (Fsp3) is 0.154. The van der Waals surface area contributed by atoms with Crippen LogP contribution in [0.5, 0.6) is 11.5 Å². The zero-order valence-electron chi connectivity index (χ0n) is 17.8. The molecule has 6 nitrogen and oxygen atoms in total. The molecule has 172 valence electrons. The number of ether oxygens (including phenoxy) is 1. The minimum Gasteiger partial charge on any atom is -0.507 e. The smallest absolute Gasteiger partial charge is 0.300 e. The number of halogens is 2. The van der Waals surface area contributed by atoms with Crippen molar-refractivity contribution in [2.45, 2.75) is 18.9 Å². The number of amides is 1. The first-order chi connectivity index (χ1) is 16.3. The molecule has 3 aromatic carbocycles. The van der Waals surface area contributed by atoms with E-state index < -0.39 is 17.7 Å². The Labute approximate surface area is 205 Å². The van der Waals surface area contributed by atoms with Crippen LogP contribution >= 0.6 is 23.2 Å². The highest BCUT2D eigenvalue weighted by Crippen LogP contribution is 2.44. The van der Waals surface area contributed by atoms with Gasteiger partial charge in [-0.25, -0.2) is 0 Å². The highest BCUT2D eigenvalue weighted by atomic mass is 35.5. The molecule has 1 unspecified atom stereocenters. The summed E-state index contributed by atoms with van der Waals surface area (Å²) in [5.74, 6) is -1.30. The molecule has 3 aromatic rings. The number of benzene rings is 3. The van der Waals surface area contributed by atoms with E-state index in [9.17, 15) is 19.8 Å². The van der Waals surface area contributed by atoms with Crippen LogP contribution < -0.4 is 9.64 Å². The molecular formula is C26H19Cl2NO5. The second-order valence-corrected chi connectivity index (χ2v) is 8.97. The van der Waals surface area contributed by atoms with E-state index in [1.165, 1.54) is 17.0 Å². The molecule has 34 heavy (non-hydrogen) atoms. The highest BCUT2D eigenvalue weighted by Gasteiger charge is 2.47. The number of nitrogens with zero attached hydrogens (tertiary/aromatic N) is 1. The van der Waals surface area contributed by atoms with E-state index in [4.69, 9.17) is 27.9 Å². The fourth-order valence-electron chi connectivity index (χ4n) is 4.37. The molecule has 0 radical (unpaired) electrons. The van der Waals surface area contributed by atoms with Crippen LogP contribution in [-0.4, -0.2) is 28.5 Å². The molecule has 0 spiro atoms. The van der Waals surface area contributed by atoms with Crippen LogP contribution in [0.2, 0.25) is 10.0 Å². The van der Waals surface area contributed by atoms with E-state index in [-0.39, 0.29) is 22.1 Å². The monoisotopic (exact) mass is 495 g/mol. The number of fused-ring (bicyclic) bond motifs is 1. The first-order valence-corrected chi connectivity index (χ1v) is 11.4. The summed E-state index contributed by atoms with van der Waals surface area (Å²) in [6, 6.07) is 15.1. The lowest BCUT2D eigenvalue weighted by Gasteiger charge is -2.26. The SMILES string of the molecule is O=C1C(=O)N(c2ccc(Cl)cc2)C(c2ccc(O)c(Cl)c2)/C1=C(/O)c1ccc2c(c1)CCCO2. The van der Waals surface area contributed by atoms with Gasteiger partial charge in [-0.05, 0) is 78.6 Å². The second kappa shape index (κ2) is 8.70. The van der Waals surface area contributed by atoms with Crippen LogP contribution in [0.15, 0.2) is 66.2 Å². The first-order valence-electron chi connectivity index (χ1n) is 10.7. The number of phenols is 1. The van der Waals surface area contributed by atoms with Gasteiger partial charge in [0.25, 0.3) is 11.7 Å². The zero-order valence-corrected chi connectivity index (χ0v) is 19.3. The van der Waals surface area contributed by atoms with Gasteiger partial charge in [-0.1, -0.05) is 29.3 Å². The molecule has 2 aliphatic heterocycles. The number of ketones is 1. The molecule has 8 heteroatoms. The molecule has 0 bridgehead atoms. The largest absolute Gasteiger partial charge is 0.507 e. The molecule has 0 aliphatic carbocycles. The minimum atomic E-state index is -0.966. The van der Waals surface area contributed by atoms with Crippen LogP contribution in [0.1, 0.15) is 29.2 Å². The third-order valence-corrected chi connectivity index (χ3v) is 6.57. The molecule has 1 amide bonds. The van der Waals surface area contributed by atoms with Crippen LogP contribution in [0.4, 0.5) is 5.69 Å². The van der Waals surface area contributed by atoms with Crippen molar-refractivity contribution in [2.75, 3.05) is 11.5 Å². The number of Topliss-reactive ketones (excluding diaryl/α,β-unsaturated/α-hetero) is 1. The molecule has 2 N–H and O–H groups in total. The average molecular weight is 496 g/mol. The quantitative estimate of drug-likeness (QED) is 0.278. The average Bonchev–Trinajstić information content (AvgIpc) is 3.11. The molecule has 1 saturated heterocycles. The lowest BCUT2D eigenvalue weighted by Crippen LogP contribution is -2.29. The van der Waals surface area contributed by atoms with E-state index in [0.717, 1.165) is 24.2 Å². The maximum absolute atomic E-state index is 13.3. The standard InChI is InChI=1S/C26H19Cl2NO5/c27-17-5-7-18(8-6-17)29-23(15-3-9-20(30)19(28)13-15)22(25(32)26(29)33)24(31)16-4-10-21-14(12-16)2-1-11-34-21/h3-10,12-13,23,30-31H,1-2,11H2/b24-22-. The van der Waals surface area contributed by atoms with Crippen molar-refractivity contribution in [2.24, 2.45) is 0 Å². The van der Waals surface area contributed by atoms with Crippen molar-refractivity contribution in [1.82, 2.24) is 0 Å². The van der Waals surface area contributed by atoms with Gasteiger partial charge in [0, 0.05) is 16.3 Å². The van der Waals surface area contributed by atoms with Crippen molar-refractivity contribution in [3.63, 3.8) is 0 Å². The third kappa shape index (κ3) is 3.79. The number of phenolic OH excluding ortho intramolecular Hbond substituents is 1. The summed E-state index contributed by atoms with van der Waals surface area (Å²) in [5.41, 5.74) is 2.15. The molecule has 5 rings (SSSR count). The molecule has 1 fully saturated rings. The van der Waals surface area contributed by atoms with E-state index in [1.54, 1.807) is 48.5 Å². The van der Waals surface area contributed by atoms with Crippen LogP contribution in [-0.2, 0) is 16.0 Å². The van der Waals surface area contributed by atoms with Gasteiger partial charge in [-0.3, -0.25) is 14.5 Å². The van der Waals surface area contributed by atoms with Crippen molar-refractivity contribution < 1.29 is 24.5 Å². The van der Waals surface area contributed by atoms with Gasteiger partial charge in [-0.2, -0.15) is 0 Å².